The fourth-order valence-corrected chi connectivity index (χ4v) is 2.69. The minimum atomic E-state index is 0.106. The zero-order valence-corrected chi connectivity index (χ0v) is 11.6. The number of hydrogen-bond donors (Lipinski definition) is 1. The summed E-state index contributed by atoms with van der Waals surface area (Å²) in [6, 6.07) is 8.65. The van der Waals surface area contributed by atoms with Gasteiger partial charge in [0.1, 0.15) is 0 Å². The van der Waals surface area contributed by atoms with Crippen LogP contribution in [0.2, 0.25) is 0 Å². The lowest BCUT2D eigenvalue weighted by Crippen LogP contribution is -2.46. The maximum absolute atomic E-state index is 6.06. The third-order valence-corrected chi connectivity index (χ3v) is 3.68. The summed E-state index contributed by atoms with van der Waals surface area (Å²) in [4.78, 5) is 5.02. The minimum absolute atomic E-state index is 0.106. The van der Waals surface area contributed by atoms with Crippen molar-refractivity contribution in [1.29, 1.82) is 0 Å². The maximum atomic E-state index is 6.06. The zero-order valence-electron chi connectivity index (χ0n) is 11.6. The Labute approximate surface area is 111 Å². The minimum Gasteiger partial charge on any atom is -0.369 e. The Morgan fingerprint density at radius 3 is 2.44 bits per heavy atom. The van der Waals surface area contributed by atoms with Crippen molar-refractivity contribution in [3.05, 3.63) is 29.8 Å². The summed E-state index contributed by atoms with van der Waals surface area (Å²) in [6.07, 6.45) is 1.25. The number of hydrogen-bond acceptors (Lipinski definition) is 3. The van der Waals surface area contributed by atoms with E-state index in [1.54, 1.807) is 0 Å². The van der Waals surface area contributed by atoms with Gasteiger partial charge in [0.15, 0.2) is 0 Å². The molecule has 2 rings (SSSR count). The van der Waals surface area contributed by atoms with Crippen LogP contribution in [0.5, 0.6) is 0 Å². The molecule has 0 bridgehead atoms. The molecule has 1 aliphatic heterocycles. The molecular formula is C15H25N3. The van der Waals surface area contributed by atoms with Crippen LogP contribution in [-0.4, -0.2) is 37.6 Å². The van der Waals surface area contributed by atoms with Crippen molar-refractivity contribution in [3.8, 4) is 0 Å². The fraction of sp³-hybridized carbons (Fsp3) is 0.600. The highest BCUT2D eigenvalue weighted by molar-refractivity contribution is 5.55. The lowest BCUT2D eigenvalue weighted by Gasteiger charge is -2.37. The summed E-state index contributed by atoms with van der Waals surface area (Å²) in [5.74, 6) is 0. The van der Waals surface area contributed by atoms with Crippen molar-refractivity contribution < 1.29 is 0 Å². The van der Waals surface area contributed by atoms with Crippen molar-refractivity contribution in [3.63, 3.8) is 0 Å². The molecule has 0 unspecified atom stereocenters. The molecule has 0 spiro atoms. The molecule has 3 nitrogen and oxygen atoms in total. The Hall–Kier alpha value is -1.06. The van der Waals surface area contributed by atoms with Crippen molar-refractivity contribution in [2.75, 3.05) is 37.6 Å². The number of nitrogens with zero attached hydrogens (tertiary/aromatic N) is 2. The quantitative estimate of drug-likeness (QED) is 0.885. The SMILES string of the molecule is CCCN1CCN(c2ccccc2[C@@H](C)N)CC1. The number of anilines is 1. The molecule has 1 aromatic carbocycles. The zero-order chi connectivity index (χ0) is 13.0. The van der Waals surface area contributed by atoms with E-state index in [0.29, 0.717) is 0 Å². The second-order valence-electron chi connectivity index (χ2n) is 5.18. The van der Waals surface area contributed by atoms with E-state index in [1.165, 1.54) is 37.3 Å². The van der Waals surface area contributed by atoms with Gasteiger partial charge in [0.2, 0.25) is 0 Å². The molecule has 0 amide bonds. The first-order valence-electron chi connectivity index (χ1n) is 7.04. The second kappa shape index (κ2) is 6.21. The molecular weight excluding hydrogens is 222 g/mol. The first kappa shape index (κ1) is 13.4. The van der Waals surface area contributed by atoms with Crippen LogP contribution in [0, 0.1) is 0 Å². The van der Waals surface area contributed by atoms with Gasteiger partial charge in [-0.15, -0.1) is 0 Å². The largest absolute Gasteiger partial charge is 0.369 e. The van der Waals surface area contributed by atoms with Crippen LogP contribution >= 0.6 is 0 Å². The molecule has 1 fully saturated rings. The first-order valence-corrected chi connectivity index (χ1v) is 7.04. The average Bonchev–Trinajstić information content (AvgIpc) is 2.40. The maximum Gasteiger partial charge on any atom is 0.0415 e. The summed E-state index contributed by atoms with van der Waals surface area (Å²) < 4.78 is 0. The van der Waals surface area contributed by atoms with Gasteiger partial charge in [-0.1, -0.05) is 25.1 Å². The summed E-state index contributed by atoms with van der Waals surface area (Å²) >= 11 is 0. The fourth-order valence-electron chi connectivity index (χ4n) is 2.69. The molecule has 0 aliphatic carbocycles. The van der Waals surface area contributed by atoms with E-state index < -0.39 is 0 Å². The monoisotopic (exact) mass is 247 g/mol. The molecule has 3 heteroatoms. The predicted octanol–water partition coefficient (Wildman–Crippen LogP) is 2.24. The Morgan fingerprint density at radius 2 is 1.83 bits per heavy atom. The summed E-state index contributed by atoms with van der Waals surface area (Å²) in [5, 5.41) is 0. The molecule has 1 atom stereocenters. The Kier molecular flexibility index (Phi) is 4.61. The Balaban J connectivity index is 2.05. The Bertz CT molecular complexity index is 368. The standard InChI is InChI=1S/C15H25N3/c1-3-8-17-9-11-18(12-10-17)15-7-5-4-6-14(15)13(2)16/h4-7,13H,3,8-12,16H2,1-2H3/t13-/m1/s1. The number of piperazine rings is 1. The van der Waals surface area contributed by atoms with Crippen molar-refractivity contribution in [2.45, 2.75) is 26.3 Å². The first-order chi connectivity index (χ1) is 8.72. The van der Waals surface area contributed by atoms with Gasteiger partial charge >= 0.3 is 0 Å². The lowest BCUT2D eigenvalue weighted by atomic mass is 10.1. The molecule has 1 aromatic rings. The highest BCUT2D eigenvalue weighted by atomic mass is 15.3. The number of para-hydroxylation sites is 1. The van der Waals surface area contributed by atoms with Crippen molar-refractivity contribution in [2.24, 2.45) is 5.73 Å². The van der Waals surface area contributed by atoms with Crippen LogP contribution in [0.25, 0.3) is 0 Å². The van der Waals surface area contributed by atoms with Crippen LogP contribution in [-0.2, 0) is 0 Å². The molecule has 0 aromatic heterocycles. The topological polar surface area (TPSA) is 32.5 Å². The van der Waals surface area contributed by atoms with E-state index in [-0.39, 0.29) is 6.04 Å². The molecule has 1 heterocycles. The molecule has 100 valence electrons. The molecule has 18 heavy (non-hydrogen) atoms. The summed E-state index contributed by atoms with van der Waals surface area (Å²) in [7, 11) is 0. The third kappa shape index (κ3) is 3.03. The second-order valence-corrected chi connectivity index (χ2v) is 5.18. The average molecular weight is 247 g/mol. The highest BCUT2D eigenvalue weighted by Gasteiger charge is 2.19. The van der Waals surface area contributed by atoms with E-state index >= 15 is 0 Å². The lowest BCUT2D eigenvalue weighted by molar-refractivity contribution is 0.258. The molecule has 1 aliphatic rings. The van der Waals surface area contributed by atoms with E-state index in [0.717, 1.165) is 13.1 Å². The van der Waals surface area contributed by atoms with E-state index in [1.807, 2.05) is 0 Å². The van der Waals surface area contributed by atoms with Crippen LogP contribution in [0.3, 0.4) is 0 Å². The smallest absolute Gasteiger partial charge is 0.0415 e. The highest BCUT2D eigenvalue weighted by Crippen LogP contribution is 2.25. The van der Waals surface area contributed by atoms with Crippen molar-refractivity contribution >= 4 is 5.69 Å². The summed E-state index contributed by atoms with van der Waals surface area (Å²) in [6.45, 7) is 10.1. The van der Waals surface area contributed by atoms with Crippen LogP contribution in [0.1, 0.15) is 31.9 Å². The summed E-state index contributed by atoms with van der Waals surface area (Å²) in [5.41, 5.74) is 8.65. The van der Waals surface area contributed by atoms with E-state index in [9.17, 15) is 0 Å². The van der Waals surface area contributed by atoms with Gasteiger partial charge in [-0.2, -0.15) is 0 Å². The predicted molar refractivity (Wildman–Crippen MR) is 78.0 cm³/mol. The van der Waals surface area contributed by atoms with Crippen LogP contribution in [0.4, 0.5) is 5.69 Å². The van der Waals surface area contributed by atoms with Gasteiger partial charge in [0.05, 0.1) is 0 Å². The van der Waals surface area contributed by atoms with Gasteiger partial charge in [0.25, 0.3) is 0 Å². The normalized spacial score (nSPS) is 18.9. The van der Waals surface area contributed by atoms with Crippen molar-refractivity contribution in [1.82, 2.24) is 4.90 Å². The number of nitrogens with two attached hydrogens (primary N) is 1. The number of rotatable bonds is 4. The molecule has 2 N–H and O–H groups in total. The Morgan fingerprint density at radius 1 is 1.17 bits per heavy atom. The van der Waals surface area contributed by atoms with Crippen LogP contribution in [0.15, 0.2) is 24.3 Å². The third-order valence-electron chi connectivity index (χ3n) is 3.68. The molecule has 0 radical (unpaired) electrons. The van der Waals surface area contributed by atoms with E-state index in [2.05, 4.69) is 47.9 Å². The van der Waals surface area contributed by atoms with E-state index in [4.69, 9.17) is 5.73 Å². The molecule has 0 saturated carbocycles. The van der Waals surface area contributed by atoms with Gasteiger partial charge in [0, 0.05) is 37.9 Å². The van der Waals surface area contributed by atoms with Gasteiger partial charge in [-0.25, -0.2) is 0 Å². The van der Waals surface area contributed by atoms with Gasteiger partial charge < -0.3 is 10.6 Å². The van der Waals surface area contributed by atoms with Crippen LogP contribution < -0.4 is 10.6 Å². The van der Waals surface area contributed by atoms with Gasteiger partial charge in [-0.05, 0) is 31.5 Å². The number of benzene rings is 1. The van der Waals surface area contributed by atoms with Gasteiger partial charge in [-0.3, -0.25) is 4.90 Å². The molecule has 1 saturated heterocycles.